The maximum atomic E-state index is 13.3. The third-order valence-electron chi connectivity index (χ3n) is 6.13. The summed E-state index contributed by atoms with van der Waals surface area (Å²) in [4.78, 5) is 36.8. The number of aromatic nitrogens is 3. The molecule has 0 bridgehead atoms. The van der Waals surface area contributed by atoms with Gasteiger partial charge in [-0.25, -0.2) is 9.97 Å². The van der Waals surface area contributed by atoms with Gasteiger partial charge in [-0.3, -0.25) is 14.2 Å². The zero-order valence-electron chi connectivity index (χ0n) is 18.3. The predicted molar refractivity (Wildman–Crippen MR) is 121 cm³/mol. The Morgan fingerprint density at radius 2 is 1.90 bits per heavy atom. The first kappa shape index (κ1) is 21.0. The molecule has 0 saturated carbocycles. The van der Waals surface area contributed by atoms with Crippen molar-refractivity contribution in [1.29, 1.82) is 0 Å². The molecule has 31 heavy (non-hydrogen) atoms. The van der Waals surface area contributed by atoms with E-state index >= 15 is 0 Å². The van der Waals surface area contributed by atoms with Crippen molar-refractivity contribution in [1.82, 2.24) is 19.4 Å². The molecule has 1 aromatic carbocycles. The summed E-state index contributed by atoms with van der Waals surface area (Å²) in [5, 5.41) is 0. The van der Waals surface area contributed by atoms with E-state index in [-0.39, 0.29) is 17.0 Å². The summed E-state index contributed by atoms with van der Waals surface area (Å²) in [7, 11) is 0. The Labute approximate surface area is 182 Å². The number of aryl methyl sites for hydroxylation is 1. The largest absolute Gasteiger partial charge is 0.338 e. The Morgan fingerprint density at radius 1 is 1.13 bits per heavy atom. The SMILES string of the molecule is Cc1ccn(-c2cccc(C(C)C)c2)c(=O)c1C(=O)N1CCC(c2ccncn2)CC1. The number of hydrogen-bond acceptors (Lipinski definition) is 4. The van der Waals surface area contributed by atoms with Gasteiger partial charge in [0.2, 0.25) is 0 Å². The molecule has 1 aliphatic rings. The minimum Gasteiger partial charge on any atom is -0.338 e. The third kappa shape index (κ3) is 4.29. The van der Waals surface area contributed by atoms with Crippen molar-refractivity contribution in [3.8, 4) is 5.69 Å². The Bertz CT molecular complexity index is 1130. The number of carbonyl (C=O) groups is 1. The lowest BCUT2D eigenvalue weighted by molar-refractivity contribution is 0.0709. The van der Waals surface area contributed by atoms with Gasteiger partial charge in [-0.1, -0.05) is 26.0 Å². The highest BCUT2D eigenvalue weighted by molar-refractivity contribution is 5.95. The summed E-state index contributed by atoms with van der Waals surface area (Å²) in [5.74, 6) is 0.496. The van der Waals surface area contributed by atoms with Crippen LogP contribution in [0.1, 0.15) is 65.7 Å². The summed E-state index contributed by atoms with van der Waals surface area (Å²) < 4.78 is 1.58. The van der Waals surface area contributed by atoms with E-state index in [1.807, 2.05) is 37.3 Å². The average Bonchev–Trinajstić information content (AvgIpc) is 2.80. The van der Waals surface area contributed by atoms with Crippen LogP contribution in [0.25, 0.3) is 5.69 Å². The fourth-order valence-corrected chi connectivity index (χ4v) is 4.20. The molecule has 160 valence electrons. The number of carbonyl (C=O) groups excluding carboxylic acids is 1. The summed E-state index contributed by atoms with van der Waals surface area (Å²) >= 11 is 0. The summed E-state index contributed by atoms with van der Waals surface area (Å²) in [6.07, 6.45) is 6.74. The predicted octanol–water partition coefficient (Wildman–Crippen LogP) is 4.08. The zero-order valence-corrected chi connectivity index (χ0v) is 18.3. The number of hydrogen-bond donors (Lipinski definition) is 0. The number of benzene rings is 1. The average molecular weight is 417 g/mol. The standard InChI is InChI=1S/C25H28N4O2/c1-17(2)20-5-4-6-21(15-20)29-14-8-18(3)23(25(29)31)24(30)28-12-9-19(10-13-28)22-7-11-26-16-27-22/h4-8,11,14-17,19H,9-10,12-13H2,1-3H3. The lowest BCUT2D eigenvalue weighted by Gasteiger charge is -2.32. The van der Waals surface area contributed by atoms with Gasteiger partial charge in [-0.2, -0.15) is 0 Å². The monoisotopic (exact) mass is 416 g/mol. The number of piperidine rings is 1. The van der Waals surface area contributed by atoms with E-state index in [1.165, 1.54) is 0 Å². The quantitative estimate of drug-likeness (QED) is 0.643. The van der Waals surface area contributed by atoms with Crippen LogP contribution in [0.4, 0.5) is 0 Å². The van der Waals surface area contributed by atoms with Crippen molar-refractivity contribution < 1.29 is 4.79 Å². The van der Waals surface area contributed by atoms with Crippen molar-refractivity contribution in [3.63, 3.8) is 0 Å². The van der Waals surface area contributed by atoms with Crippen molar-refractivity contribution in [2.24, 2.45) is 0 Å². The lowest BCUT2D eigenvalue weighted by Crippen LogP contribution is -2.41. The second kappa shape index (κ2) is 8.84. The van der Waals surface area contributed by atoms with E-state index in [0.717, 1.165) is 29.8 Å². The third-order valence-corrected chi connectivity index (χ3v) is 6.13. The van der Waals surface area contributed by atoms with Crippen LogP contribution in [0.3, 0.4) is 0 Å². The van der Waals surface area contributed by atoms with E-state index in [4.69, 9.17) is 0 Å². The fourth-order valence-electron chi connectivity index (χ4n) is 4.20. The van der Waals surface area contributed by atoms with Gasteiger partial charge >= 0.3 is 0 Å². The van der Waals surface area contributed by atoms with Gasteiger partial charge in [-0.15, -0.1) is 0 Å². The molecule has 1 saturated heterocycles. The lowest BCUT2D eigenvalue weighted by atomic mass is 9.93. The minimum atomic E-state index is -0.260. The van der Waals surface area contributed by atoms with Crippen molar-refractivity contribution in [2.75, 3.05) is 13.1 Å². The number of amides is 1. The highest BCUT2D eigenvalue weighted by Crippen LogP contribution is 2.27. The Morgan fingerprint density at radius 3 is 2.58 bits per heavy atom. The highest BCUT2D eigenvalue weighted by atomic mass is 16.2. The van der Waals surface area contributed by atoms with Crippen LogP contribution in [0, 0.1) is 6.92 Å². The van der Waals surface area contributed by atoms with E-state index in [2.05, 4.69) is 29.9 Å². The minimum absolute atomic E-state index is 0.182. The van der Waals surface area contributed by atoms with Crippen LogP contribution in [0.15, 0.2) is 59.9 Å². The molecule has 0 N–H and O–H groups in total. The maximum Gasteiger partial charge on any atom is 0.268 e. The molecule has 4 rings (SSSR count). The number of likely N-dealkylation sites (tertiary alicyclic amines) is 1. The first-order chi connectivity index (χ1) is 15.0. The van der Waals surface area contributed by atoms with Gasteiger partial charge in [0.05, 0.1) is 0 Å². The van der Waals surface area contributed by atoms with E-state index in [0.29, 0.717) is 30.5 Å². The molecule has 0 unspecified atom stereocenters. The van der Waals surface area contributed by atoms with Crippen LogP contribution in [-0.2, 0) is 0 Å². The molecule has 1 fully saturated rings. The van der Waals surface area contributed by atoms with E-state index in [1.54, 1.807) is 28.2 Å². The molecule has 3 aromatic rings. The van der Waals surface area contributed by atoms with Crippen molar-refractivity contribution in [3.05, 3.63) is 87.9 Å². The number of rotatable bonds is 4. The summed E-state index contributed by atoms with van der Waals surface area (Å²) in [6, 6.07) is 11.7. The molecule has 0 atom stereocenters. The van der Waals surface area contributed by atoms with Gasteiger partial charge in [0.25, 0.3) is 11.5 Å². The molecule has 1 aliphatic heterocycles. The summed E-state index contributed by atoms with van der Waals surface area (Å²) in [6.45, 7) is 7.31. The van der Waals surface area contributed by atoms with Crippen molar-refractivity contribution >= 4 is 5.91 Å². The van der Waals surface area contributed by atoms with Crippen molar-refractivity contribution in [2.45, 2.75) is 45.4 Å². The molecule has 1 amide bonds. The van der Waals surface area contributed by atoms with Gasteiger partial charge in [0.1, 0.15) is 11.9 Å². The highest BCUT2D eigenvalue weighted by Gasteiger charge is 2.28. The first-order valence-electron chi connectivity index (χ1n) is 10.8. The molecule has 2 aromatic heterocycles. The Balaban J connectivity index is 1.59. The maximum absolute atomic E-state index is 13.3. The molecule has 0 aliphatic carbocycles. The van der Waals surface area contributed by atoms with Crippen LogP contribution < -0.4 is 5.56 Å². The second-order valence-electron chi connectivity index (χ2n) is 8.50. The van der Waals surface area contributed by atoms with Gasteiger partial charge in [0.15, 0.2) is 0 Å². The van der Waals surface area contributed by atoms with Crippen LogP contribution in [0.5, 0.6) is 0 Å². The Kier molecular flexibility index (Phi) is 5.98. The van der Waals surface area contributed by atoms with Crippen LogP contribution in [-0.4, -0.2) is 38.4 Å². The van der Waals surface area contributed by atoms with Gasteiger partial charge in [-0.05, 0) is 61.1 Å². The summed E-state index contributed by atoms with van der Waals surface area (Å²) in [5.41, 5.74) is 3.67. The normalized spacial score (nSPS) is 14.8. The zero-order chi connectivity index (χ0) is 22.0. The van der Waals surface area contributed by atoms with E-state index in [9.17, 15) is 9.59 Å². The Hall–Kier alpha value is -3.28. The van der Waals surface area contributed by atoms with Gasteiger partial charge in [0, 0.05) is 42.8 Å². The smallest absolute Gasteiger partial charge is 0.268 e. The van der Waals surface area contributed by atoms with Gasteiger partial charge < -0.3 is 4.90 Å². The molecule has 0 spiro atoms. The molecule has 3 heterocycles. The second-order valence-corrected chi connectivity index (χ2v) is 8.50. The molecular weight excluding hydrogens is 388 g/mol. The van der Waals surface area contributed by atoms with E-state index < -0.39 is 0 Å². The van der Waals surface area contributed by atoms with Crippen LogP contribution >= 0.6 is 0 Å². The fraction of sp³-hybridized carbons (Fsp3) is 0.360. The number of nitrogens with zero attached hydrogens (tertiary/aromatic N) is 4. The number of pyridine rings is 1. The van der Waals surface area contributed by atoms with Crippen LogP contribution in [0.2, 0.25) is 0 Å². The topological polar surface area (TPSA) is 68.1 Å². The first-order valence-corrected chi connectivity index (χ1v) is 10.8. The molecule has 6 nitrogen and oxygen atoms in total. The molecular formula is C25H28N4O2. The molecule has 6 heteroatoms. The molecule has 0 radical (unpaired) electrons.